The van der Waals surface area contributed by atoms with Gasteiger partial charge in [-0.25, -0.2) is 0 Å². The summed E-state index contributed by atoms with van der Waals surface area (Å²) in [5.41, 5.74) is 2.93. The highest BCUT2D eigenvalue weighted by Crippen LogP contribution is 2.24. The van der Waals surface area contributed by atoms with Gasteiger partial charge in [-0.3, -0.25) is 18.9 Å². The Labute approximate surface area is 181 Å². The standard InChI is InChI=1S/C23H26N4O2S/c1-16-9-5-7-11-19(16)26-21(28)18(15-24-13-14-25(3)4)22(29)27(23(26)30)20-12-8-6-10-17(20)2/h5-12,15,28H,13-14H2,1-4H3. The molecule has 2 aromatic carbocycles. The van der Waals surface area contributed by atoms with Gasteiger partial charge in [-0.2, -0.15) is 0 Å². The number of hydrogen-bond acceptors (Lipinski definition) is 5. The number of aromatic hydroxyl groups is 1. The van der Waals surface area contributed by atoms with Gasteiger partial charge in [0.15, 0.2) is 4.77 Å². The van der Waals surface area contributed by atoms with Crippen molar-refractivity contribution in [2.45, 2.75) is 13.8 Å². The van der Waals surface area contributed by atoms with E-state index < -0.39 is 5.56 Å². The minimum Gasteiger partial charge on any atom is -0.494 e. The van der Waals surface area contributed by atoms with Gasteiger partial charge in [-0.1, -0.05) is 36.4 Å². The lowest BCUT2D eigenvalue weighted by Gasteiger charge is -2.18. The first-order chi connectivity index (χ1) is 14.3. The Balaban J connectivity index is 2.33. The van der Waals surface area contributed by atoms with E-state index in [0.717, 1.165) is 17.7 Å². The molecule has 1 aromatic heterocycles. The highest BCUT2D eigenvalue weighted by atomic mass is 32.1. The number of aryl methyl sites for hydroxylation is 2. The maximum Gasteiger partial charge on any atom is 0.271 e. The molecule has 0 fully saturated rings. The molecule has 0 bridgehead atoms. The number of hydrogen-bond donors (Lipinski definition) is 1. The van der Waals surface area contributed by atoms with Gasteiger partial charge < -0.3 is 10.0 Å². The summed E-state index contributed by atoms with van der Waals surface area (Å²) in [7, 11) is 3.91. The Morgan fingerprint density at radius 1 is 1.00 bits per heavy atom. The lowest BCUT2D eigenvalue weighted by Crippen LogP contribution is -2.28. The first-order valence-corrected chi connectivity index (χ1v) is 10.1. The van der Waals surface area contributed by atoms with Crippen LogP contribution in [-0.4, -0.2) is 52.5 Å². The predicted molar refractivity (Wildman–Crippen MR) is 124 cm³/mol. The summed E-state index contributed by atoms with van der Waals surface area (Å²) in [4.78, 5) is 19.7. The first kappa shape index (κ1) is 21.7. The molecule has 3 aromatic rings. The van der Waals surface area contributed by atoms with Crippen LogP contribution in [0.4, 0.5) is 0 Å². The summed E-state index contributed by atoms with van der Waals surface area (Å²) in [6, 6.07) is 15.1. The van der Waals surface area contributed by atoms with Crippen molar-refractivity contribution in [3.63, 3.8) is 0 Å². The summed E-state index contributed by atoms with van der Waals surface area (Å²) >= 11 is 5.69. The van der Waals surface area contributed by atoms with E-state index in [0.29, 0.717) is 17.9 Å². The molecular formula is C23H26N4O2S. The van der Waals surface area contributed by atoms with Gasteiger partial charge in [0, 0.05) is 12.8 Å². The zero-order chi connectivity index (χ0) is 21.8. The Hall–Kier alpha value is -3.03. The lowest BCUT2D eigenvalue weighted by molar-refractivity contribution is 0.420. The Kier molecular flexibility index (Phi) is 6.64. The molecule has 0 saturated heterocycles. The van der Waals surface area contributed by atoms with Crippen molar-refractivity contribution in [1.82, 2.24) is 14.0 Å². The SMILES string of the molecule is Cc1ccccc1-n1c(O)c(C=NCCN(C)C)c(=O)n(-c2ccccc2C)c1=S. The molecule has 0 atom stereocenters. The second-order valence-corrected chi connectivity index (χ2v) is 7.77. The third kappa shape index (κ3) is 4.27. The van der Waals surface area contributed by atoms with Crippen LogP contribution in [0, 0.1) is 18.6 Å². The van der Waals surface area contributed by atoms with Crippen molar-refractivity contribution in [2.24, 2.45) is 4.99 Å². The van der Waals surface area contributed by atoms with Crippen molar-refractivity contribution in [1.29, 1.82) is 0 Å². The highest BCUT2D eigenvalue weighted by molar-refractivity contribution is 7.71. The zero-order valence-electron chi connectivity index (χ0n) is 17.7. The molecule has 0 aliphatic carbocycles. The molecule has 0 unspecified atom stereocenters. The molecule has 0 radical (unpaired) electrons. The van der Waals surface area contributed by atoms with Gasteiger partial charge in [0.1, 0.15) is 5.56 Å². The van der Waals surface area contributed by atoms with E-state index in [2.05, 4.69) is 4.99 Å². The maximum atomic E-state index is 13.4. The molecule has 7 heteroatoms. The average molecular weight is 423 g/mol. The van der Waals surface area contributed by atoms with Crippen LogP contribution in [-0.2, 0) is 0 Å². The molecule has 156 valence electrons. The fourth-order valence-corrected chi connectivity index (χ4v) is 3.56. The molecular weight excluding hydrogens is 396 g/mol. The fourth-order valence-electron chi connectivity index (χ4n) is 3.20. The van der Waals surface area contributed by atoms with Crippen LogP contribution in [0.3, 0.4) is 0 Å². The zero-order valence-corrected chi connectivity index (χ0v) is 18.5. The largest absolute Gasteiger partial charge is 0.494 e. The number of aliphatic imine (C=N–C) groups is 1. The van der Waals surface area contributed by atoms with Crippen LogP contribution in [0.15, 0.2) is 58.3 Å². The third-order valence-corrected chi connectivity index (χ3v) is 5.24. The van der Waals surface area contributed by atoms with E-state index in [1.165, 1.54) is 15.3 Å². The molecule has 1 heterocycles. The second kappa shape index (κ2) is 9.19. The fraction of sp³-hybridized carbons (Fsp3) is 0.261. The van der Waals surface area contributed by atoms with Gasteiger partial charge in [-0.15, -0.1) is 0 Å². The van der Waals surface area contributed by atoms with Gasteiger partial charge in [0.25, 0.3) is 5.56 Å². The summed E-state index contributed by atoms with van der Waals surface area (Å²) in [5.74, 6) is -0.210. The van der Waals surface area contributed by atoms with E-state index in [1.807, 2.05) is 81.4 Å². The normalized spacial score (nSPS) is 11.5. The molecule has 0 saturated carbocycles. The number of benzene rings is 2. The third-order valence-electron chi connectivity index (χ3n) is 4.88. The first-order valence-electron chi connectivity index (χ1n) is 9.70. The molecule has 0 spiro atoms. The molecule has 0 amide bonds. The summed E-state index contributed by atoms with van der Waals surface area (Å²) < 4.78 is 3.20. The quantitative estimate of drug-likeness (QED) is 0.486. The van der Waals surface area contributed by atoms with E-state index in [-0.39, 0.29) is 16.2 Å². The maximum absolute atomic E-state index is 13.4. The minimum atomic E-state index is -0.398. The van der Waals surface area contributed by atoms with E-state index >= 15 is 0 Å². The van der Waals surface area contributed by atoms with Gasteiger partial charge in [0.2, 0.25) is 5.88 Å². The van der Waals surface area contributed by atoms with Crippen LogP contribution in [0.25, 0.3) is 11.4 Å². The number of para-hydroxylation sites is 2. The van der Waals surface area contributed by atoms with Crippen molar-refractivity contribution in [2.75, 3.05) is 27.2 Å². The molecule has 30 heavy (non-hydrogen) atoms. The van der Waals surface area contributed by atoms with Crippen LogP contribution in [0.1, 0.15) is 16.7 Å². The Morgan fingerprint density at radius 2 is 1.53 bits per heavy atom. The molecule has 0 aliphatic rings. The van der Waals surface area contributed by atoms with Gasteiger partial charge >= 0.3 is 0 Å². The molecule has 1 N–H and O–H groups in total. The summed E-state index contributed by atoms with van der Waals surface area (Å²) in [6.45, 7) is 5.10. The van der Waals surface area contributed by atoms with Crippen molar-refractivity contribution in [3.8, 4) is 17.3 Å². The van der Waals surface area contributed by atoms with E-state index in [1.54, 1.807) is 0 Å². The lowest BCUT2D eigenvalue weighted by atomic mass is 10.2. The van der Waals surface area contributed by atoms with Crippen LogP contribution in [0.2, 0.25) is 0 Å². The van der Waals surface area contributed by atoms with Crippen LogP contribution in [0.5, 0.6) is 5.88 Å². The molecule has 3 rings (SSSR count). The number of aromatic nitrogens is 2. The van der Waals surface area contributed by atoms with Crippen LogP contribution < -0.4 is 5.56 Å². The Bertz CT molecular complexity index is 1210. The molecule has 6 nitrogen and oxygen atoms in total. The summed E-state index contributed by atoms with van der Waals surface area (Å²) in [5, 5.41) is 11.1. The number of likely N-dealkylation sites (N-methyl/N-ethyl adjacent to an activating group) is 1. The van der Waals surface area contributed by atoms with Crippen molar-refractivity contribution < 1.29 is 5.11 Å². The van der Waals surface area contributed by atoms with E-state index in [4.69, 9.17) is 12.2 Å². The van der Waals surface area contributed by atoms with Crippen molar-refractivity contribution in [3.05, 3.63) is 80.3 Å². The number of rotatable bonds is 6. The van der Waals surface area contributed by atoms with Gasteiger partial charge in [-0.05, 0) is 63.4 Å². The van der Waals surface area contributed by atoms with Crippen LogP contribution >= 0.6 is 12.2 Å². The topological polar surface area (TPSA) is 62.8 Å². The van der Waals surface area contributed by atoms with E-state index in [9.17, 15) is 9.90 Å². The minimum absolute atomic E-state index is 0.105. The van der Waals surface area contributed by atoms with Gasteiger partial charge in [0.05, 0.1) is 17.9 Å². The average Bonchev–Trinajstić information content (AvgIpc) is 2.70. The Morgan fingerprint density at radius 3 is 2.07 bits per heavy atom. The predicted octanol–water partition coefficient (Wildman–Crippen LogP) is 3.66. The second-order valence-electron chi connectivity index (χ2n) is 7.41. The smallest absolute Gasteiger partial charge is 0.271 e. The monoisotopic (exact) mass is 422 g/mol. The summed E-state index contributed by atoms with van der Waals surface area (Å²) in [6.07, 6.45) is 1.44. The highest BCUT2D eigenvalue weighted by Gasteiger charge is 2.19. The molecule has 0 aliphatic heterocycles. The number of nitrogens with zero attached hydrogens (tertiary/aromatic N) is 4. The van der Waals surface area contributed by atoms with Crippen molar-refractivity contribution >= 4 is 18.4 Å².